The number of carbonyl (C=O) groups is 1. The predicted molar refractivity (Wildman–Crippen MR) is 109 cm³/mol. The van der Waals surface area contributed by atoms with Gasteiger partial charge in [-0.1, -0.05) is 26.3 Å². The molecule has 0 aromatic carbocycles. The standard InChI is InChI=1S/C20H28N4OS/c1-4-15(2)13-23-9-10-24(16(3)14-23)19-12-17(7-8-21-19)22-20(25)18-6-5-11-26-18/h5-8,11-12,15-16H,4,9-10,13-14H2,1-3H3,(H,21,22,25). The smallest absolute Gasteiger partial charge is 0.265 e. The molecule has 0 bridgehead atoms. The Balaban J connectivity index is 1.64. The zero-order valence-electron chi connectivity index (χ0n) is 15.8. The van der Waals surface area contributed by atoms with Crippen LogP contribution in [0.15, 0.2) is 35.8 Å². The summed E-state index contributed by atoms with van der Waals surface area (Å²) in [5.74, 6) is 1.61. The Morgan fingerprint density at radius 2 is 2.27 bits per heavy atom. The second-order valence-electron chi connectivity index (χ2n) is 7.15. The van der Waals surface area contributed by atoms with Gasteiger partial charge in [0.05, 0.1) is 4.88 Å². The number of nitrogens with zero attached hydrogens (tertiary/aromatic N) is 3. The zero-order chi connectivity index (χ0) is 18.5. The monoisotopic (exact) mass is 372 g/mol. The lowest BCUT2D eigenvalue weighted by atomic mass is 10.1. The summed E-state index contributed by atoms with van der Waals surface area (Å²) in [6.07, 6.45) is 3.00. The quantitative estimate of drug-likeness (QED) is 0.834. The number of piperazine rings is 1. The van der Waals surface area contributed by atoms with E-state index >= 15 is 0 Å². The van der Waals surface area contributed by atoms with Crippen molar-refractivity contribution in [2.75, 3.05) is 36.4 Å². The fraction of sp³-hybridized carbons (Fsp3) is 0.500. The van der Waals surface area contributed by atoms with E-state index in [-0.39, 0.29) is 5.91 Å². The molecule has 2 aromatic rings. The number of pyridine rings is 1. The minimum absolute atomic E-state index is 0.0661. The van der Waals surface area contributed by atoms with Gasteiger partial charge in [0.25, 0.3) is 5.91 Å². The van der Waals surface area contributed by atoms with Crippen LogP contribution in [-0.2, 0) is 0 Å². The van der Waals surface area contributed by atoms with Gasteiger partial charge >= 0.3 is 0 Å². The fourth-order valence-corrected chi connectivity index (χ4v) is 3.98. The van der Waals surface area contributed by atoms with Crippen molar-refractivity contribution in [3.05, 3.63) is 40.7 Å². The highest BCUT2D eigenvalue weighted by atomic mass is 32.1. The highest BCUT2D eigenvalue weighted by Gasteiger charge is 2.25. The molecule has 1 aliphatic rings. The number of anilines is 2. The van der Waals surface area contributed by atoms with Crippen molar-refractivity contribution < 1.29 is 4.79 Å². The second kappa shape index (κ2) is 8.64. The van der Waals surface area contributed by atoms with Gasteiger partial charge in [0, 0.05) is 50.2 Å². The molecule has 2 unspecified atom stereocenters. The third kappa shape index (κ3) is 4.62. The maximum absolute atomic E-state index is 12.3. The molecule has 5 nitrogen and oxygen atoms in total. The number of aromatic nitrogens is 1. The Bertz CT molecular complexity index is 718. The molecule has 0 aliphatic carbocycles. The zero-order valence-corrected chi connectivity index (χ0v) is 16.6. The maximum atomic E-state index is 12.3. The molecular weight excluding hydrogens is 344 g/mol. The van der Waals surface area contributed by atoms with Gasteiger partial charge in [-0.3, -0.25) is 9.69 Å². The van der Waals surface area contributed by atoms with Crippen LogP contribution in [0.2, 0.25) is 0 Å². The fourth-order valence-electron chi connectivity index (χ4n) is 3.36. The van der Waals surface area contributed by atoms with E-state index in [0.717, 1.165) is 41.9 Å². The molecule has 1 aliphatic heterocycles. The normalized spacial score (nSPS) is 19.3. The number of nitrogens with one attached hydrogen (secondary N) is 1. The van der Waals surface area contributed by atoms with E-state index < -0.39 is 0 Å². The molecule has 0 spiro atoms. The van der Waals surface area contributed by atoms with Crippen molar-refractivity contribution in [2.24, 2.45) is 5.92 Å². The van der Waals surface area contributed by atoms with Crippen LogP contribution in [-0.4, -0.2) is 48.0 Å². The summed E-state index contributed by atoms with van der Waals surface area (Å²) in [5, 5.41) is 4.89. The number of thiophene rings is 1. The van der Waals surface area contributed by atoms with Crippen molar-refractivity contribution in [1.29, 1.82) is 0 Å². The van der Waals surface area contributed by atoms with Crippen molar-refractivity contribution in [3.8, 4) is 0 Å². The van der Waals surface area contributed by atoms with Gasteiger partial charge in [-0.15, -0.1) is 11.3 Å². The average molecular weight is 373 g/mol. The number of hydrogen-bond donors (Lipinski definition) is 1. The van der Waals surface area contributed by atoms with E-state index in [1.165, 1.54) is 24.3 Å². The summed E-state index contributed by atoms with van der Waals surface area (Å²) in [6.45, 7) is 11.1. The van der Waals surface area contributed by atoms with Crippen LogP contribution in [0.3, 0.4) is 0 Å². The summed E-state index contributed by atoms with van der Waals surface area (Å²) in [7, 11) is 0. The van der Waals surface area contributed by atoms with Gasteiger partial charge in [-0.05, 0) is 30.4 Å². The van der Waals surface area contributed by atoms with Gasteiger partial charge in [-0.25, -0.2) is 4.98 Å². The lowest BCUT2D eigenvalue weighted by Gasteiger charge is -2.41. The van der Waals surface area contributed by atoms with Gasteiger partial charge in [0.15, 0.2) is 0 Å². The number of carbonyl (C=O) groups excluding carboxylic acids is 1. The van der Waals surface area contributed by atoms with Crippen molar-refractivity contribution in [3.63, 3.8) is 0 Å². The van der Waals surface area contributed by atoms with Crippen LogP contribution in [0.4, 0.5) is 11.5 Å². The Hall–Kier alpha value is -1.92. The topological polar surface area (TPSA) is 48.5 Å². The molecule has 2 aromatic heterocycles. The first-order chi connectivity index (χ1) is 12.6. The molecule has 0 saturated carbocycles. The van der Waals surface area contributed by atoms with Gasteiger partial charge in [0.2, 0.25) is 0 Å². The Kier molecular flexibility index (Phi) is 6.27. The third-order valence-electron chi connectivity index (χ3n) is 5.02. The van der Waals surface area contributed by atoms with E-state index in [2.05, 4.69) is 40.9 Å². The lowest BCUT2D eigenvalue weighted by molar-refractivity contribution is 0.103. The molecule has 0 radical (unpaired) electrons. The summed E-state index contributed by atoms with van der Waals surface area (Å²) in [4.78, 5) is 22.4. The Morgan fingerprint density at radius 1 is 1.42 bits per heavy atom. The molecular formula is C20H28N4OS. The molecule has 26 heavy (non-hydrogen) atoms. The lowest BCUT2D eigenvalue weighted by Crippen LogP contribution is -2.53. The minimum atomic E-state index is -0.0661. The van der Waals surface area contributed by atoms with E-state index in [0.29, 0.717) is 6.04 Å². The molecule has 140 valence electrons. The van der Waals surface area contributed by atoms with Gasteiger partial charge < -0.3 is 10.2 Å². The summed E-state index contributed by atoms with van der Waals surface area (Å²) < 4.78 is 0. The number of amides is 1. The largest absolute Gasteiger partial charge is 0.351 e. The van der Waals surface area contributed by atoms with Crippen LogP contribution in [0.25, 0.3) is 0 Å². The van der Waals surface area contributed by atoms with Gasteiger partial charge in [-0.2, -0.15) is 0 Å². The SMILES string of the molecule is CCC(C)CN1CCN(c2cc(NC(=O)c3cccs3)ccn2)C(C)C1. The van der Waals surface area contributed by atoms with Crippen LogP contribution >= 0.6 is 11.3 Å². The first-order valence-electron chi connectivity index (χ1n) is 9.36. The van der Waals surface area contributed by atoms with Gasteiger partial charge in [0.1, 0.15) is 5.82 Å². The molecule has 3 rings (SSSR count). The highest BCUT2D eigenvalue weighted by molar-refractivity contribution is 7.12. The van der Waals surface area contributed by atoms with Crippen LogP contribution in [0.1, 0.15) is 36.9 Å². The molecule has 3 heterocycles. The minimum Gasteiger partial charge on any atom is -0.351 e. The summed E-state index contributed by atoms with van der Waals surface area (Å²) in [5.41, 5.74) is 0.794. The molecule has 2 atom stereocenters. The second-order valence-corrected chi connectivity index (χ2v) is 8.10. The Labute approximate surface area is 160 Å². The maximum Gasteiger partial charge on any atom is 0.265 e. The van der Waals surface area contributed by atoms with E-state index in [1.807, 2.05) is 29.6 Å². The molecule has 1 amide bonds. The third-order valence-corrected chi connectivity index (χ3v) is 5.89. The Morgan fingerprint density at radius 3 is 2.96 bits per heavy atom. The van der Waals surface area contributed by atoms with Crippen LogP contribution < -0.4 is 10.2 Å². The van der Waals surface area contributed by atoms with Crippen LogP contribution in [0.5, 0.6) is 0 Å². The predicted octanol–water partition coefficient (Wildman–Crippen LogP) is 3.95. The van der Waals surface area contributed by atoms with E-state index in [9.17, 15) is 4.79 Å². The molecule has 1 fully saturated rings. The van der Waals surface area contributed by atoms with E-state index in [4.69, 9.17) is 0 Å². The molecule has 1 N–H and O–H groups in total. The van der Waals surface area contributed by atoms with Crippen molar-refractivity contribution in [2.45, 2.75) is 33.2 Å². The summed E-state index contributed by atoms with van der Waals surface area (Å²) in [6, 6.07) is 7.95. The van der Waals surface area contributed by atoms with Crippen molar-refractivity contribution in [1.82, 2.24) is 9.88 Å². The number of hydrogen-bond acceptors (Lipinski definition) is 5. The summed E-state index contributed by atoms with van der Waals surface area (Å²) >= 11 is 1.45. The first kappa shape index (κ1) is 18.9. The highest BCUT2D eigenvalue weighted by Crippen LogP contribution is 2.23. The van der Waals surface area contributed by atoms with Crippen molar-refractivity contribution >= 4 is 28.7 Å². The molecule has 6 heteroatoms. The average Bonchev–Trinajstić information content (AvgIpc) is 3.17. The van der Waals surface area contributed by atoms with Crippen LogP contribution in [0, 0.1) is 5.92 Å². The van der Waals surface area contributed by atoms with E-state index in [1.54, 1.807) is 6.20 Å². The molecule has 1 saturated heterocycles. The first-order valence-corrected chi connectivity index (χ1v) is 10.2. The number of rotatable bonds is 6.